The predicted molar refractivity (Wildman–Crippen MR) is 81.8 cm³/mol. The summed E-state index contributed by atoms with van der Waals surface area (Å²) >= 11 is 3.33. The lowest BCUT2D eigenvalue weighted by Crippen LogP contribution is -2.37. The van der Waals surface area contributed by atoms with Crippen LogP contribution in [0.4, 0.5) is 18.9 Å². The molecule has 1 N–H and O–H groups in total. The van der Waals surface area contributed by atoms with E-state index in [-0.39, 0.29) is 17.5 Å². The summed E-state index contributed by atoms with van der Waals surface area (Å²) in [6, 6.07) is 1.10. The first-order chi connectivity index (χ1) is 10.7. The van der Waals surface area contributed by atoms with Crippen LogP contribution in [0.25, 0.3) is 0 Å². The maximum atomic E-state index is 12.3. The molecule has 0 spiro atoms. The van der Waals surface area contributed by atoms with Gasteiger partial charge in [-0.25, -0.2) is 0 Å². The molecule has 1 aliphatic carbocycles. The molecule has 0 aliphatic heterocycles. The van der Waals surface area contributed by atoms with Gasteiger partial charge in [-0.1, -0.05) is 15.9 Å². The van der Waals surface area contributed by atoms with Crippen LogP contribution in [0.2, 0.25) is 0 Å². The van der Waals surface area contributed by atoms with Crippen molar-refractivity contribution in [3.05, 3.63) is 31.8 Å². The summed E-state index contributed by atoms with van der Waals surface area (Å²) in [5.41, 5.74) is 1.42. The number of methoxy groups -OCH3 is 1. The van der Waals surface area contributed by atoms with E-state index < -0.39 is 17.6 Å². The zero-order valence-electron chi connectivity index (χ0n) is 12.4. The minimum atomic E-state index is -4.25. The Balaban J connectivity index is 2.25. The number of nitrogens with one attached hydrogen (secondary N) is 1. The number of nitro groups is 1. The minimum Gasteiger partial charge on any atom is -0.490 e. The quantitative estimate of drug-likeness (QED) is 0.478. The van der Waals surface area contributed by atoms with Crippen LogP contribution in [0.3, 0.4) is 0 Å². The topological polar surface area (TPSA) is 64.4 Å². The van der Waals surface area contributed by atoms with Crippen molar-refractivity contribution in [2.24, 2.45) is 0 Å². The first-order valence-corrected chi connectivity index (χ1v) is 7.85. The fourth-order valence-corrected chi connectivity index (χ4v) is 3.51. The van der Waals surface area contributed by atoms with Gasteiger partial charge >= 0.3 is 11.9 Å². The zero-order chi connectivity index (χ0) is 17.2. The Morgan fingerprint density at radius 3 is 2.52 bits per heavy atom. The number of nitro benzene ring substituents is 1. The number of alkyl halides is 3. The van der Waals surface area contributed by atoms with E-state index >= 15 is 0 Å². The van der Waals surface area contributed by atoms with E-state index in [0.717, 1.165) is 5.56 Å². The van der Waals surface area contributed by atoms with Gasteiger partial charge in [0, 0.05) is 22.1 Å². The van der Waals surface area contributed by atoms with E-state index in [1.165, 1.54) is 13.2 Å². The predicted octanol–water partition coefficient (Wildman–Crippen LogP) is 3.77. The fourth-order valence-electron chi connectivity index (χ4n) is 2.85. The lowest BCUT2D eigenvalue weighted by molar-refractivity contribution is -0.385. The Morgan fingerprint density at radius 1 is 1.39 bits per heavy atom. The summed E-state index contributed by atoms with van der Waals surface area (Å²) in [7, 11) is 1.36. The van der Waals surface area contributed by atoms with Crippen molar-refractivity contribution in [3.8, 4) is 5.75 Å². The van der Waals surface area contributed by atoms with Crippen molar-refractivity contribution in [3.63, 3.8) is 0 Å². The van der Waals surface area contributed by atoms with Gasteiger partial charge in [0.25, 0.3) is 0 Å². The number of rotatable bonds is 4. The molecule has 0 radical (unpaired) electrons. The fraction of sp³-hybridized carbons (Fsp3) is 0.571. The Morgan fingerprint density at radius 2 is 2.00 bits per heavy atom. The van der Waals surface area contributed by atoms with E-state index in [4.69, 9.17) is 4.74 Å². The van der Waals surface area contributed by atoms with Crippen molar-refractivity contribution >= 4 is 21.6 Å². The molecule has 2 rings (SSSR count). The maximum Gasteiger partial charge on any atom is 0.401 e. The highest BCUT2D eigenvalue weighted by Crippen LogP contribution is 2.41. The van der Waals surface area contributed by atoms with Gasteiger partial charge in [0.15, 0.2) is 5.75 Å². The summed E-state index contributed by atoms with van der Waals surface area (Å²) < 4.78 is 42.8. The normalized spacial score (nSPS) is 18.2. The van der Waals surface area contributed by atoms with Crippen LogP contribution in [0.15, 0.2) is 10.5 Å². The van der Waals surface area contributed by atoms with Gasteiger partial charge in [0.2, 0.25) is 0 Å². The summed E-state index contributed by atoms with van der Waals surface area (Å²) in [5.74, 6) is 0.199. The van der Waals surface area contributed by atoms with Gasteiger partial charge in [-0.15, -0.1) is 0 Å². The molecule has 1 aromatic carbocycles. The smallest absolute Gasteiger partial charge is 0.401 e. The molecule has 1 atom stereocenters. The Labute approximate surface area is 139 Å². The van der Waals surface area contributed by atoms with E-state index in [2.05, 4.69) is 21.2 Å². The van der Waals surface area contributed by atoms with E-state index in [1.807, 2.05) is 0 Å². The Bertz CT molecular complexity index is 608. The van der Waals surface area contributed by atoms with Crippen LogP contribution in [0.5, 0.6) is 5.75 Å². The van der Waals surface area contributed by atoms with Crippen molar-refractivity contribution in [1.82, 2.24) is 5.32 Å². The average molecular weight is 397 g/mol. The van der Waals surface area contributed by atoms with Gasteiger partial charge in [0.05, 0.1) is 18.6 Å². The van der Waals surface area contributed by atoms with Crippen molar-refractivity contribution in [2.45, 2.75) is 37.9 Å². The largest absolute Gasteiger partial charge is 0.490 e. The lowest BCUT2D eigenvalue weighted by atomic mass is 10.0. The number of benzene rings is 1. The zero-order valence-corrected chi connectivity index (χ0v) is 14.0. The molecule has 0 saturated heterocycles. The summed E-state index contributed by atoms with van der Waals surface area (Å²) in [4.78, 5) is 10.6. The molecular formula is C14H16BrF3N2O3. The molecule has 0 fully saturated rings. The number of fused-ring (bicyclic) bond motifs is 1. The number of nitrogens with zero attached hydrogens (tertiary/aromatic N) is 1. The second-order valence-corrected chi connectivity index (χ2v) is 6.25. The molecule has 9 heteroatoms. The van der Waals surface area contributed by atoms with Gasteiger partial charge in [0.1, 0.15) is 0 Å². The van der Waals surface area contributed by atoms with Gasteiger partial charge in [-0.3, -0.25) is 10.1 Å². The van der Waals surface area contributed by atoms with Gasteiger partial charge in [-0.05, 0) is 31.2 Å². The molecule has 0 aromatic heterocycles. The lowest BCUT2D eigenvalue weighted by Gasteiger charge is -2.17. The first-order valence-electron chi connectivity index (χ1n) is 7.05. The second kappa shape index (κ2) is 7.04. The molecule has 0 heterocycles. The SMILES string of the molecule is COc1c([N+](=O)[O-])cc(Br)c2c1CCC(NCC(F)(F)F)CC2. The number of ether oxygens (including phenoxy) is 1. The monoisotopic (exact) mass is 396 g/mol. The molecule has 5 nitrogen and oxygen atoms in total. The van der Waals surface area contributed by atoms with Gasteiger partial charge in [-0.2, -0.15) is 13.2 Å². The Hall–Kier alpha value is -1.35. The van der Waals surface area contributed by atoms with E-state index in [1.54, 1.807) is 0 Å². The molecule has 1 aromatic rings. The summed E-state index contributed by atoms with van der Waals surface area (Å²) in [6.45, 7) is -1.04. The van der Waals surface area contributed by atoms with Crippen LogP contribution >= 0.6 is 15.9 Å². The second-order valence-electron chi connectivity index (χ2n) is 5.40. The number of halogens is 4. The van der Waals surface area contributed by atoms with E-state index in [9.17, 15) is 23.3 Å². The summed E-state index contributed by atoms with van der Waals surface area (Å²) in [6.07, 6.45) is -2.31. The van der Waals surface area contributed by atoms with Gasteiger partial charge < -0.3 is 10.1 Å². The highest BCUT2D eigenvalue weighted by molar-refractivity contribution is 9.10. The maximum absolute atomic E-state index is 12.3. The third kappa shape index (κ3) is 4.35. The number of hydrogen-bond donors (Lipinski definition) is 1. The number of hydrogen-bond acceptors (Lipinski definition) is 4. The molecular weight excluding hydrogens is 381 g/mol. The highest BCUT2D eigenvalue weighted by Gasteiger charge is 2.31. The Kier molecular flexibility index (Phi) is 5.51. The van der Waals surface area contributed by atoms with Crippen molar-refractivity contribution in [1.29, 1.82) is 0 Å². The molecule has 1 unspecified atom stereocenters. The standard InChI is InChI=1S/C14H16BrF3N2O3/c1-23-13-10-5-3-8(19-7-14(16,17)18)2-4-9(10)11(15)6-12(13)20(21)22/h6,8,19H,2-5,7H2,1H3. The van der Waals surface area contributed by atoms with Crippen LogP contribution in [-0.4, -0.2) is 30.8 Å². The molecule has 0 amide bonds. The van der Waals surface area contributed by atoms with Crippen LogP contribution in [0.1, 0.15) is 24.0 Å². The highest BCUT2D eigenvalue weighted by atomic mass is 79.9. The van der Waals surface area contributed by atoms with Crippen molar-refractivity contribution in [2.75, 3.05) is 13.7 Å². The molecule has 0 bridgehead atoms. The average Bonchev–Trinajstić information content (AvgIpc) is 2.67. The third-order valence-electron chi connectivity index (χ3n) is 3.90. The minimum absolute atomic E-state index is 0.139. The molecule has 128 valence electrons. The third-order valence-corrected chi connectivity index (χ3v) is 4.61. The molecule has 23 heavy (non-hydrogen) atoms. The molecule has 0 saturated carbocycles. The first kappa shape index (κ1) is 18.0. The van der Waals surface area contributed by atoms with Crippen LogP contribution < -0.4 is 10.1 Å². The molecule has 1 aliphatic rings. The summed E-state index contributed by atoms with van der Waals surface area (Å²) in [5, 5.41) is 13.7. The van der Waals surface area contributed by atoms with Crippen molar-refractivity contribution < 1.29 is 22.8 Å². The van der Waals surface area contributed by atoms with Crippen LogP contribution in [-0.2, 0) is 12.8 Å². The van der Waals surface area contributed by atoms with E-state index in [0.29, 0.717) is 35.7 Å². The van der Waals surface area contributed by atoms with Crippen LogP contribution in [0, 0.1) is 10.1 Å².